The average molecular weight is 335 g/mol. The summed E-state index contributed by atoms with van der Waals surface area (Å²) in [6.45, 7) is 0. The first-order chi connectivity index (χ1) is 12.3. The molecular formula is C21H21NO3. The van der Waals surface area contributed by atoms with Gasteiger partial charge in [-0.25, -0.2) is 0 Å². The summed E-state index contributed by atoms with van der Waals surface area (Å²) in [5, 5.41) is 0.688. The number of aromatic nitrogens is 1. The molecule has 1 heterocycles. The number of H-pyrrole nitrogens is 1. The van der Waals surface area contributed by atoms with Gasteiger partial charge in [0.05, 0.1) is 7.11 Å². The van der Waals surface area contributed by atoms with Crippen LogP contribution in [0, 0.1) is 0 Å². The number of hydrogen-bond donors (Lipinski definition) is 1. The summed E-state index contributed by atoms with van der Waals surface area (Å²) < 4.78 is 11.3. The van der Waals surface area contributed by atoms with E-state index in [0.29, 0.717) is 22.6 Å². The fourth-order valence-electron chi connectivity index (χ4n) is 3.51. The van der Waals surface area contributed by atoms with E-state index in [2.05, 4.69) is 4.98 Å². The van der Waals surface area contributed by atoms with Gasteiger partial charge in [-0.3, -0.25) is 4.79 Å². The van der Waals surface area contributed by atoms with Crippen LogP contribution in [-0.2, 0) is 12.8 Å². The first-order valence-electron chi connectivity index (χ1n) is 8.75. The van der Waals surface area contributed by atoms with Crippen LogP contribution in [0.3, 0.4) is 0 Å². The van der Waals surface area contributed by atoms with E-state index >= 15 is 0 Å². The molecule has 0 radical (unpaired) electrons. The van der Waals surface area contributed by atoms with Crippen molar-refractivity contribution in [1.29, 1.82) is 0 Å². The Morgan fingerprint density at radius 2 is 1.76 bits per heavy atom. The summed E-state index contributed by atoms with van der Waals surface area (Å²) in [4.78, 5) is 16.4. The molecule has 1 aromatic heterocycles. The highest BCUT2D eigenvalue weighted by atomic mass is 16.5. The highest BCUT2D eigenvalue weighted by Gasteiger charge is 2.15. The van der Waals surface area contributed by atoms with Gasteiger partial charge in [0.1, 0.15) is 5.75 Å². The number of aryl methyl sites for hydroxylation is 1. The van der Waals surface area contributed by atoms with E-state index in [-0.39, 0.29) is 5.43 Å². The normalized spacial score (nSPS) is 14.0. The first kappa shape index (κ1) is 15.8. The molecule has 4 nitrogen and oxygen atoms in total. The molecule has 0 atom stereocenters. The van der Waals surface area contributed by atoms with Gasteiger partial charge < -0.3 is 14.5 Å². The number of benzene rings is 2. The summed E-state index contributed by atoms with van der Waals surface area (Å²) in [6.07, 6.45) is 5.22. The van der Waals surface area contributed by atoms with Crippen LogP contribution in [0.5, 0.6) is 17.2 Å². The zero-order chi connectivity index (χ0) is 17.2. The van der Waals surface area contributed by atoms with Crippen LogP contribution in [0.4, 0.5) is 0 Å². The molecule has 0 amide bonds. The number of aromatic amines is 1. The molecule has 2 aromatic carbocycles. The number of hydrogen-bond acceptors (Lipinski definition) is 3. The zero-order valence-corrected chi connectivity index (χ0v) is 14.3. The number of ether oxygens (including phenoxy) is 2. The van der Waals surface area contributed by atoms with Gasteiger partial charge in [0.2, 0.25) is 0 Å². The Kier molecular flexibility index (Phi) is 4.18. The van der Waals surface area contributed by atoms with Crippen molar-refractivity contribution in [3.05, 3.63) is 63.9 Å². The molecular weight excluding hydrogens is 314 g/mol. The molecule has 128 valence electrons. The van der Waals surface area contributed by atoms with Gasteiger partial charge in [0.15, 0.2) is 16.9 Å². The molecule has 1 N–H and O–H groups in total. The predicted molar refractivity (Wildman–Crippen MR) is 98.9 cm³/mol. The van der Waals surface area contributed by atoms with Crippen LogP contribution in [-0.4, -0.2) is 12.1 Å². The van der Waals surface area contributed by atoms with Gasteiger partial charge in [-0.15, -0.1) is 0 Å². The van der Waals surface area contributed by atoms with Crippen molar-refractivity contribution >= 4 is 10.9 Å². The maximum absolute atomic E-state index is 13.0. The number of rotatable bonds is 3. The third kappa shape index (κ3) is 3.00. The summed E-state index contributed by atoms with van der Waals surface area (Å²) in [6, 6.07) is 13.1. The molecule has 0 fully saturated rings. The third-order valence-electron chi connectivity index (χ3n) is 4.81. The molecule has 4 heteroatoms. The van der Waals surface area contributed by atoms with Crippen LogP contribution >= 0.6 is 0 Å². The smallest absolute Gasteiger partial charge is 0.192 e. The molecule has 4 rings (SSSR count). The highest BCUT2D eigenvalue weighted by molar-refractivity contribution is 5.81. The molecule has 0 aliphatic heterocycles. The summed E-state index contributed by atoms with van der Waals surface area (Å²) in [5.74, 6) is 1.94. The van der Waals surface area contributed by atoms with Crippen LogP contribution in [0.2, 0.25) is 0 Å². The van der Waals surface area contributed by atoms with Crippen LogP contribution in [0.15, 0.2) is 47.3 Å². The van der Waals surface area contributed by atoms with Gasteiger partial charge in [-0.05, 0) is 56.0 Å². The van der Waals surface area contributed by atoms with Gasteiger partial charge in [0.25, 0.3) is 0 Å². The van der Waals surface area contributed by atoms with Crippen molar-refractivity contribution in [3.8, 4) is 17.2 Å². The van der Waals surface area contributed by atoms with E-state index in [0.717, 1.165) is 42.5 Å². The summed E-state index contributed by atoms with van der Waals surface area (Å²) in [7, 11) is 1.61. The SMILES string of the molecule is COc1ccccc1Oc1ccc2[nH]c3c(c(=O)c2c1)CCCCC3. The third-order valence-corrected chi connectivity index (χ3v) is 4.81. The summed E-state index contributed by atoms with van der Waals surface area (Å²) >= 11 is 0. The molecule has 0 spiro atoms. The van der Waals surface area contributed by atoms with Crippen molar-refractivity contribution in [1.82, 2.24) is 4.98 Å². The molecule has 0 saturated heterocycles. The zero-order valence-electron chi connectivity index (χ0n) is 14.3. The number of nitrogens with one attached hydrogen (secondary N) is 1. The highest BCUT2D eigenvalue weighted by Crippen LogP contribution is 2.32. The van der Waals surface area contributed by atoms with E-state index in [4.69, 9.17) is 9.47 Å². The molecule has 0 bridgehead atoms. The largest absolute Gasteiger partial charge is 0.493 e. The Hall–Kier alpha value is -2.75. The second kappa shape index (κ2) is 6.63. The Balaban J connectivity index is 1.77. The van der Waals surface area contributed by atoms with E-state index in [1.54, 1.807) is 7.11 Å². The molecule has 0 saturated carbocycles. The van der Waals surface area contributed by atoms with Crippen molar-refractivity contribution in [2.45, 2.75) is 32.1 Å². The minimum Gasteiger partial charge on any atom is -0.493 e. The maximum atomic E-state index is 13.0. The molecule has 0 unspecified atom stereocenters. The van der Waals surface area contributed by atoms with Crippen LogP contribution < -0.4 is 14.9 Å². The quantitative estimate of drug-likeness (QED) is 0.712. The first-order valence-corrected chi connectivity index (χ1v) is 8.75. The van der Waals surface area contributed by atoms with E-state index < -0.39 is 0 Å². The van der Waals surface area contributed by atoms with Gasteiger partial charge in [-0.2, -0.15) is 0 Å². The number of pyridine rings is 1. The van der Waals surface area contributed by atoms with Crippen molar-refractivity contribution < 1.29 is 9.47 Å². The standard InChI is InChI=1S/C21H21NO3/c1-24-19-9-5-6-10-20(19)25-14-11-12-18-16(13-14)21(23)15-7-3-2-4-8-17(15)22-18/h5-6,9-13H,2-4,7-8H2,1H3,(H,22,23). The lowest BCUT2D eigenvalue weighted by molar-refractivity contribution is 0.379. The van der Waals surface area contributed by atoms with Crippen molar-refractivity contribution in [3.63, 3.8) is 0 Å². The molecule has 3 aromatic rings. The second-order valence-electron chi connectivity index (χ2n) is 6.43. The Bertz CT molecular complexity index is 975. The Labute approximate surface area is 146 Å². The van der Waals surface area contributed by atoms with Gasteiger partial charge in [-0.1, -0.05) is 18.6 Å². The monoisotopic (exact) mass is 335 g/mol. The van der Waals surface area contributed by atoms with Gasteiger partial charge in [0, 0.05) is 22.2 Å². The Morgan fingerprint density at radius 3 is 2.60 bits per heavy atom. The van der Waals surface area contributed by atoms with Gasteiger partial charge >= 0.3 is 0 Å². The van der Waals surface area contributed by atoms with E-state index in [1.807, 2.05) is 42.5 Å². The maximum Gasteiger partial charge on any atom is 0.192 e. The number of fused-ring (bicyclic) bond motifs is 2. The lowest BCUT2D eigenvalue weighted by Crippen LogP contribution is -2.14. The topological polar surface area (TPSA) is 51.3 Å². The van der Waals surface area contributed by atoms with Crippen molar-refractivity contribution in [2.75, 3.05) is 7.11 Å². The van der Waals surface area contributed by atoms with E-state index in [9.17, 15) is 4.79 Å². The van der Waals surface area contributed by atoms with Crippen molar-refractivity contribution in [2.24, 2.45) is 0 Å². The molecule has 25 heavy (non-hydrogen) atoms. The minimum atomic E-state index is 0.135. The lowest BCUT2D eigenvalue weighted by atomic mass is 10.0. The second-order valence-corrected chi connectivity index (χ2v) is 6.43. The van der Waals surface area contributed by atoms with Crippen LogP contribution in [0.1, 0.15) is 30.5 Å². The molecule has 1 aliphatic rings. The van der Waals surface area contributed by atoms with E-state index in [1.165, 1.54) is 6.42 Å². The average Bonchev–Trinajstić information content (AvgIpc) is 2.88. The fourth-order valence-corrected chi connectivity index (χ4v) is 3.51. The molecule has 1 aliphatic carbocycles. The fraction of sp³-hybridized carbons (Fsp3) is 0.286. The van der Waals surface area contributed by atoms with Crippen LogP contribution in [0.25, 0.3) is 10.9 Å². The summed E-state index contributed by atoms with van der Waals surface area (Å²) in [5.41, 5.74) is 3.06. The Morgan fingerprint density at radius 1 is 0.960 bits per heavy atom. The number of para-hydroxylation sites is 2. The predicted octanol–water partition coefficient (Wildman–Crippen LogP) is 4.60. The lowest BCUT2D eigenvalue weighted by Gasteiger charge is -2.12. The number of methoxy groups -OCH3 is 1. The minimum absolute atomic E-state index is 0.135.